The molecule has 1 heterocycles. The number of thioether (sulfide) groups is 1. The van der Waals surface area contributed by atoms with Gasteiger partial charge in [0.1, 0.15) is 0 Å². The molecule has 1 aromatic rings. The monoisotopic (exact) mass is 246 g/mol. The minimum atomic E-state index is -3.24. The van der Waals surface area contributed by atoms with E-state index in [1.807, 2.05) is 6.26 Å². The second-order valence-corrected chi connectivity index (χ2v) is 6.14. The Bertz CT molecular complexity index is 418. The minimum absolute atomic E-state index is 0.141. The van der Waals surface area contributed by atoms with Gasteiger partial charge in [-0.15, -0.1) is 0 Å². The molecule has 0 unspecified atom stereocenters. The number of nitrogen functional groups attached to an aromatic ring is 1. The first-order valence-electron chi connectivity index (χ1n) is 4.49. The van der Waals surface area contributed by atoms with E-state index in [0.29, 0.717) is 6.42 Å². The van der Waals surface area contributed by atoms with E-state index in [2.05, 4.69) is 4.98 Å². The van der Waals surface area contributed by atoms with E-state index in [-0.39, 0.29) is 16.3 Å². The van der Waals surface area contributed by atoms with Crippen molar-refractivity contribution in [3.63, 3.8) is 0 Å². The molecular formula is C9H14N2O2S2. The molecule has 0 bridgehead atoms. The lowest BCUT2D eigenvalue weighted by molar-refractivity contribution is 0.595. The predicted molar refractivity (Wildman–Crippen MR) is 63.7 cm³/mol. The highest BCUT2D eigenvalue weighted by molar-refractivity contribution is 7.98. The zero-order valence-electron chi connectivity index (χ0n) is 8.51. The van der Waals surface area contributed by atoms with E-state index < -0.39 is 9.84 Å². The molecule has 1 aromatic heterocycles. The van der Waals surface area contributed by atoms with Gasteiger partial charge in [0, 0.05) is 6.20 Å². The number of hydrogen-bond donors (Lipinski definition) is 1. The average Bonchev–Trinajstić information content (AvgIpc) is 2.18. The first-order valence-corrected chi connectivity index (χ1v) is 7.53. The van der Waals surface area contributed by atoms with Crippen LogP contribution in [0, 0.1) is 0 Å². The zero-order chi connectivity index (χ0) is 11.3. The second kappa shape index (κ2) is 5.37. The summed E-state index contributed by atoms with van der Waals surface area (Å²) in [6.07, 6.45) is 5.40. The summed E-state index contributed by atoms with van der Waals surface area (Å²) in [5.41, 5.74) is 5.79. The summed E-state index contributed by atoms with van der Waals surface area (Å²) >= 11 is 1.63. The van der Waals surface area contributed by atoms with E-state index in [9.17, 15) is 8.42 Å². The van der Waals surface area contributed by atoms with E-state index in [4.69, 9.17) is 5.73 Å². The van der Waals surface area contributed by atoms with Crippen molar-refractivity contribution in [1.82, 2.24) is 4.98 Å². The Labute approximate surface area is 94.2 Å². The Morgan fingerprint density at radius 2 is 2.27 bits per heavy atom. The van der Waals surface area contributed by atoms with Gasteiger partial charge in [-0.1, -0.05) is 0 Å². The number of nitrogens with two attached hydrogens (primary N) is 1. The Morgan fingerprint density at radius 1 is 1.53 bits per heavy atom. The molecule has 0 spiro atoms. The maximum Gasteiger partial charge on any atom is 0.180 e. The molecule has 0 amide bonds. The third kappa shape index (κ3) is 3.39. The van der Waals surface area contributed by atoms with Crippen LogP contribution in [0.2, 0.25) is 0 Å². The van der Waals surface area contributed by atoms with E-state index in [0.717, 1.165) is 5.75 Å². The first kappa shape index (κ1) is 12.3. The van der Waals surface area contributed by atoms with Crippen molar-refractivity contribution in [3.05, 3.63) is 18.5 Å². The summed E-state index contributed by atoms with van der Waals surface area (Å²) in [4.78, 5) is 3.95. The molecule has 4 nitrogen and oxygen atoms in total. The lowest BCUT2D eigenvalue weighted by Crippen LogP contribution is -2.10. The highest BCUT2D eigenvalue weighted by Gasteiger charge is 2.16. The summed E-state index contributed by atoms with van der Waals surface area (Å²) in [6.45, 7) is 0. The quantitative estimate of drug-likeness (QED) is 0.790. The van der Waals surface area contributed by atoms with Crippen LogP contribution < -0.4 is 5.73 Å². The molecule has 2 N–H and O–H groups in total. The van der Waals surface area contributed by atoms with Gasteiger partial charge in [0.15, 0.2) is 9.84 Å². The summed E-state index contributed by atoms with van der Waals surface area (Å²) in [5.74, 6) is 0.978. The van der Waals surface area contributed by atoms with Gasteiger partial charge in [-0.2, -0.15) is 11.8 Å². The van der Waals surface area contributed by atoms with Crippen LogP contribution in [0.15, 0.2) is 23.4 Å². The number of anilines is 1. The van der Waals surface area contributed by atoms with Crippen molar-refractivity contribution in [2.24, 2.45) is 0 Å². The van der Waals surface area contributed by atoms with Crippen molar-refractivity contribution in [2.75, 3.05) is 23.5 Å². The lowest BCUT2D eigenvalue weighted by atomic mass is 10.4. The molecule has 0 fully saturated rings. The van der Waals surface area contributed by atoms with Gasteiger partial charge in [0.2, 0.25) is 0 Å². The maximum absolute atomic E-state index is 11.8. The van der Waals surface area contributed by atoms with Crippen molar-refractivity contribution in [3.8, 4) is 0 Å². The average molecular weight is 246 g/mol. The van der Waals surface area contributed by atoms with Crippen LogP contribution in [0.3, 0.4) is 0 Å². The Kier molecular flexibility index (Phi) is 4.41. The molecule has 0 saturated heterocycles. The van der Waals surface area contributed by atoms with Crippen LogP contribution in [0.5, 0.6) is 0 Å². The highest BCUT2D eigenvalue weighted by Crippen LogP contribution is 2.18. The van der Waals surface area contributed by atoms with Crippen molar-refractivity contribution >= 4 is 27.3 Å². The summed E-state index contributed by atoms with van der Waals surface area (Å²) in [5, 5.41) is 0. The number of rotatable bonds is 5. The molecule has 1 rings (SSSR count). The van der Waals surface area contributed by atoms with Gasteiger partial charge in [0.25, 0.3) is 0 Å². The first-order chi connectivity index (χ1) is 7.08. The highest BCUT2D eigenvalue weighted by atomic mass is 32.2. The molecular weight excluding hydrogens is 232 g/mol. The number of pyridine rings is 1. The largest absolute Gasteiger partial charge is 0.396 e. The molecule has 0 aliphatic carbocycles. The molecule has 84 valence electrons. The molecule has 0 aliphatic heterocycles. The Balaban J connectivity index is 2.83. The molecule has 6 heteroatoms. The summed E-state index contributed by atoms with van der Waals surface area (Å²) in [7, 11) is -3.24. The molecule has 15 heavy (non-hydrogen) atoms. The molecule has 0 saturated carbocycles. The number of sulfone groups is 1. The Morgan fingerprint density at radius 3 is 2.87 bits per heavy atom. The third-order valence-electron chi connectivity index (χ3n) is 1.91. The molecule has 0 aromatic carbocycles. The van der Waals surface area contributed by atoms with Gasteiger partial charge in [0.05, 0.1) is 22.5 Å². The van der Waals surface area contributed by atoms with Crippen LogP contribution in [-0.4, -0.2) is 31.2 Å². The fourth-order valence-corrected chi connectivity index (χ4v) is 3.22. The lowest BCUT2D eigenvalue weighted by Gasteiger charge is -2.05. The topological polar surface area (TPSA) is 73.0 Å². The van der Waals surface area contributed by atoms with Gasteiger partial charge in [-0.3, -0.25) is 4.98 Å². The fourth-order valence-electron chi connectivity index (χ4n) is 1.18. The van der Waals surface area contributed by atoms with Crippen LogP contribution >= 0.6 is 11.8 Å². The van der Waals surface area contributed by atoms with E-state index in [1.54, 1.807) is 11.8 Å². The van der Waals surface area contributed by atoms with Crippen LogP contribution in [0.4, 0.5) is 5.69 Å². The standard InChI is InChI=1S/C9H14N2O2S2/c1-14-5-2-6-15(12,13)9-3-4-11-7-8(9)10/h3-4,7H,2,5-6,10H2,1H3. The molecule has 0 aliphatic rings. The normalized spacial score (nSPS) is 11.5. The second-order valence-electron chi connectivity index (χ2n) is 3.08. The maximum atomic E-state index is 11.8. The molecule has 0 atom stereocenters. The van der Waals surface area contributed by atoms with Crippen LogP contribution in [0.1, 0.15) is 6.42 Å². The zero-order valence-corrected chi connectivity index (χ0v) is 10.1. The van der Waals surface area contributed by atoms with Crippen LogP contribution in [0.25, 0.3) is 0 Å². The smallest absolute Gasteiger partial charge is 0.180 e. The predicted octanol–water partition coefficient (Wildman–Crippen LogP) is 1.19. The van der Waals surface area contributed by atoms with E-state index in [1.165, 1.54) is 18.5 Å². The Hall–Kier alpha value is -0.750. The van der Waals surface area contributed by atoms with E-state index >= 15 is 0 Å². The minimum Gasteiger partial charge on any atom is -0.396 e. The number of nitrogens with zero attached hydrogens (tertiary/aromatic N) is 1. The number of aromatic nitrogens is 1. The number of hydrogen-bond acceptors (Lipinski definition) is 5. The van der Waals surface area contributed by atoms with Crippen molar-refractivity contribution in [2.45, 2.75) is 11.3 Å². The third-order valence-corrected chi connectivity index (χ3v) is 4.47. The summed E-state index contributed by atoms with van der Waals surface area (Å²) in [6, 6.07) is 1.45. The van der Waals surface area contributed by atoms with Crippen LogP contribution in [-0.2, 0) is 9.84 Å². The molecule has 0 radical (unpaired) electrons. The van der Waals surface area contributed by atoms with Gasteiger partial charge >= 0.3 is 0 Å². The van der Waals surface area contributed by atoms with Crippen molar-refractivity contribution < 1.29 is 8.42 Å². The van der Waals surface area contributed by atoms with Crippen molar-refractivity contribution in [1.29, 1.82) is 0 Å². The SMILES string of the molecule is CSCCCS(=O)(=O)c1ccncc1N. The summed E-state index contributed by atoms with van der Waals surface area (Å²) < 4.78 is 23.6. The van der Waals surface area contributed by atoms with Gasteiger partial charge < -0.3 is 5.73 Å². The van der Waals surface area contributed by atoms with Gasteiger partial charge in [-0.25, -0.2) is 8.42 Å². The fraction of sp³-hybridized carbons (Fsp3) is 0.444. The van der Waals surface area contributed by atoms with Gasteiger partial charge in [-0.05, 0) is 24.5 Å².